The third-order valence-electron chi connectivity index (χ3n) is 4.92. The van der Waals surface area contributed by atoms with Gasteiger partial charge in [-0.25, -0.2) is 4.98 Å². The van der Waals surface area contributed by atoms with E-state index in [2.05, 4.69) is 109 Å². The van der Waals surface area contributed by atoms with Gasteiger partial charge in [-0.05, 0) is 77.8 Å². The highest BCUT2D eigenvalue weighted by Gasteiger charge is 2.10. The fourth-order valence-corrected chi connectivity index (χ4v) is 3.65. The molecule has 0 unspecified atom stereocenters. The molecule has 2 nitrogen and oxygen atoms in total. The Labute approximate surface area is 198 Å². The zero-order valence-electron chi connectivity index (χ0n) is 18.3. The Bertz CT molecular complexity index is 1230. The van der Waals surface area contributed by atoms with Crippen LogP contribution in [0, 0.1) is 0 Å². The summed E-state index contributed by atoms with van der Waals surface area (Å²) in [5, 5.41) is 0. The van der Waals surface area contributed by atoms with Gasteiger partial charge in [0.05, 0.1) is 11.0 Å². The topological polar surface area (TPSA) is 17.8 Å². The molecule has 0 spiro atoms. The molecular weight excluding hydrogens is 491 g/mol. The lowest BCUT2D eigenvalue weighted by Crippen LogP contribution is -1.94. The van der Waals surface area contributed by atoms with Crippen molar-refractivity contribution in [3.63, 3.8) is 0 Å². The Morgan fingerprint density at radius 1 is 0.903 bits per heavy atom. The van der Waals surface area contributed by atoms with E-state index in [1.54, 1.807) is 0 Å². The molecule has 3 aromatic rings. The van der Waals surface area contributed by atoms with E-state index >= 15 is 0 Å². The van der Waals surface area contributed by atoms with Crippen LogP contribution in [0.5, 0.6) is 0 Å². The summed E-state index contributed by atoms with van der Waals surface area (Å²) in [7, 11) is 0. The van der Waals surface area contributed by atoms with Gasteiger partial charge in [-0.3, -0.25) is 4.57 Å². The maximum Gasteiger partial charge on any atom is 0.144 e. The smallest absolute Gasteiger partial charge is 0.144 e. The van der Waals surface area contributed by atoms with Crippen LogP contribution in [-0.2, 0) is 0 Å². The molecule has 31 heavy (non-hydrogen) atoms. The number of allylic oxidation sites excluding steroid dienone is 9. The summed E-state index contributed by atoms with van der Waals surface area (Å²) in [5.41, 5.74) is 7.28. The molecule has 3 rings (SSSR count). The molecule has 0 N–H and O–H groups in total. The summed E-state index contributed by atoms with van der Waals surface area (Å²) in [6.07, 6.45) is 12.4. The van der Waals surface area contributed by atoms with Gasteiger partial charge in [-0.2, -0.15) is 0 Å². The zero-order chi connectivity index (χ0) is 22.4. The minimum Gasteiger partial charge on any atom is -0.298 e. The molecule has 0 atom stereocenters. The Morgan fingerprint density at radius 2 is 1.55 bits per heavy atom. The second kappa shape index (κ2) is 10.4. The molecule has 0 bridgehead atoms. The first-order chi connectivity index (χ1) is 14.9. The molecular formula is C28H27IN2. The maximum atomic E-state index is 4.80. The number of hydrogen-bond acceptors (Lipinski definition) is 1. The molecule has 1 heterocycles. The van der Waals surface area contributed by atoms with Crippen molar-refractivity contribution in [3.8, 4) is 0 Å². The van der Waals surface area contributed by atoms with E-state index < -0.39 is 0 Å². The molecule has 0 aliphatic rings. The molecule has 0 radical (unpaired) electrons. The van der Waals surface area contributed by atoms with Gasteiger partial charge in [0, 0.05) is 15.4 Å². The van der Waals surface area contributed by atoms with E-state index in [9.17, 15) is 0 Å². The number of rotatable bonds is 7. The van der Waals surface area contributed by atoms with Gasteiger partial charge in [0.2, 0.25) is 0 Å². The molecule has 0 amide bonds. The van der Waals surface area contributed by atoms with Gasteiger partial charge < -0.3 is 0 Å². The SMILES string of the molecule is C=C(/C=C\C(=C)c1nc2ccccc2n1/C=C(/C)I)c1ccc(C(/C=C\C)=C/C)cc1. The highest BCUT2D eigenvalue weighted by atomic mass is 127. The fraction of sp³-hybridized carbons (Fsp3) is 0.107. The number of nitrogens with zero attached hydrogens (tertiary/aromatic N) is 2. The zero-order valence-corrected chi connectivity index (χ0v) is 20.4. The number of imidazole rings is 1. The molecule has 0 aliphatic carbocycles. The Hall–Kier alpha value is -2.92. The Morgan fingerprint density at radius 3 is 2.19 bits per heavy atom. The summed E-state index contributed by atoms with van der Waals surface area (Å²) >= 11 is 2.31. The molecule has 2 aromatic carbocycles. The van der Waals surface area contributed by atoms with E-state index in [1.165, 1.54) is 14.7 Å². The molecule has 0 aliphatic heterocycles. The summed E-state index contributed by atoms with van der Waals surface area (Å²) < 4.78 is 3.27. The van der Waals surface area contributed by atoms with Crippen LogP contribution in [0.25, 0.3) is 34.0 Å². The minimum atomic E-state index is 0.834. The van der Waals surface area contributed by atoms with Gasteiger partial charge in [-0.15, -0.1) is 0 Å². The minimum absolute atomic E-state index is 0.834. The molecule has 0 saturated heterocycles. The number of fused-ring (bicyclic) bond motifs is 1. The van der Waals surface area contributed by atoms with Gasteiger partial charge in [-0.1, -0.05) is 79.9 Å². The van der Waals surface area contributed by atoms with Crippen molar-refractivity contribution < 1.29 is 0 Å². The van der Waals surface area contributed by atoms with Crippen molar-refractivity contribution in [2.24, 2.45) is 0 Å². The standard InChI is InChI=1S/C28H27IN2/c1-6-10-23(7-2)25-17-15-24(16-18-25)20(3)13-14-21(4)28-30-26-11-8-9-12-27(26)31(28)19-22(5)29/h6-19H,3-4H2,1-2,5H3/b10-6-,14-13-,22-19-,23-7+. The number of benzene rings is 2. The highest BCUT2D eigenvalue weighted by Crippen LogP contribution is 2.25. The van der Waals surface area contributed by atoms with E-state index in [-0.39, 0.29) is 0 Å². The number of para-hydroxylation sites is 2. The Kier molecular flexibility index (Phi) is 7.64. The predicted octanol–water partition coefficient (Wildman–Crippen LogP) is 8.55. The second-order valence-electron chi connectivity index (χ2n) is 7.22. The van der Waals surface area contributed by atoms with Gasteiger partial charge in [0.15, 0.2) is 0 Å². The van der Waals surface area contributed by atoms with Crippen molar-refractivity contribution in [1.82, 2.24) is 9.55 Å². The lowest BCUT2D eigenvalue weighted by atomic mass is 10.00. The van der Waals surface area contributed by atoms with Crippen LogP contribution in [0.2, 0.25) is 0 Å². The lowest BCUT2D eigenvalue weighted by molar-refractivity contribution is 1.12. The first kappa shape index (κ1) is 22.8. The van der Waals surface area contributed by atoms with Crippen LogP contribution in [0.15, 0.2) is 95.6 Å². The van der Waals surface area contributed by atoms with Crippen molar-refractivity contribution in [2.75, 3.05) is 0 Å². The predicted molar refractivity (Wildman–Crippen MR) is 146 cm³/mol. The summed E-state index contributed by atoms with van der Waals surface area (Å²) in [5.74, 6) is 0.834. The van der Waals surface area contributed by atoms with Crippen LogP contribution < -0.4 is 0 Å². The summed E-state index contributed by atoms with van der Waals surface area (Å²) in [6.45, 7) is 14.7. The molecule has 1 aromatic heterocycles. The molecule has 156 valence electrons. The number of hydrogen-bond donors (Lipinski definition) is 0. The van der Waals surface area contributed by atoms with Crippen LogP contribution in [-0.4, -0.2) is 9.55 Å². The molecule has 3 heteroatoms. The third-order valence-corrected chi connectivity index (χ3v) is 5.20. The van der Waals surface area contributed by atoms with E-state index in [0.29, 0.717) is 0 Å². The number of aromatic nitrogens is 2. The van der Waals surface area contributed by atoms with Crippen molar-refractivity contribution >= 4 is 56.5 Å². The monoisotopic (exact) mass is 518 g/mol. The second-order valence-corrected chi connectivity index (χ2v) is 8.92. The van der Waals surface area contributed by atoms with Crippen LogP contribution in [0.1, 0.15) is 37.7 Å². The van der Waals surface area contributed by atoms with E-state index in [4.69, 9.17) is 4.98 Å². The fourth-order valence-electron chi connectivity index (χ4n) is 3.37. The quantitative estimate of drug-likeness (QED) is 0.226. The van der Waals surface area contributed by atoms with Crippen molar-refractivity contribution in [3.05, 3.63) is 113 Å². The van der Waals surface area contributed by atoms with Gasteiger partial charge in [0.1, 0.15) is 5.82 Å². The summed E-state index contributed by atoms with van der Waals surface area (Å²) in [4.78, 5) is 4.80. The average molecular weight is 518 g/mol. The largest absolute Gasteiger partial charge is 0.298 e. The molecule has 0 saturated carbocycles. The highest BCUT2D eigenvalue weighted by molar-refractivity contribution is 14.1. The maximum absolute atomic E-state index is 4.80. The first-order valence-electron chi connectivity index (χ1n) is 10.2. The average Bonchev–Trinajstić information content (AvgIpc) is 3.13. The van der Waals surface area contributed by atoms with Crippen LogP contribution in [0.3, 0.4) is 0 Å². The molecule has 0 fully saturated rings. The van der Waals surface area contributed by atoms with E-state index in [1.807, 2.05) is 37.3 Å². The van der Waals surface area contributed by atoms with Crippen LogP contribution in [0.4, 0.5) is 0 Å². The number of halogens is 1. The van der Waals surface area contributed by atoms with E-state index in [0.717, 1.165) is 33.6 Å². The van der Waals surface area contributed by atoms with Crippen molar-refractivity contribution in [1.29, 1.82) is 0 Å². The van der Waals surface area contributed by atoms with Crippen molar-refractivity contribution in [2.45, 2.75) is 20.8 Å². The normalized spacial score (nSPS) is 12.9. The van der Waals surface area contributed by atoms with Gasteiger partial charge >= 0.3 is 0 Å². The Balaban J connectivity index is 1.85. The van der Waals surface area contributed by atoms with Crippen LogP contribution >= 0.6 is 22.6 Å². The van der Waals surface area contributed by atoms with Gasteiger partial charge in [0.25, 0.3) is 0 Å². The summed E-state index contributed by atoms with van der Waals surface area (Å²) in [6, 6.07) is 16.6. The lowest BCUT2D eigenvalue weighted by Gasteiger charge is -2.06. The first-order valence-corrected chi connectivity index (χ1v) is 11.3. The third kappa shape index (κ3) is 5.42.